The summed E-state index contributed by atoms with van der Waals surface area (Å²) >= 11 is 0. The average molecular weight is 196 g/mol. The molecule has 1 aliphatic rings. The highest BCUT2D eigenvalue weighted by molar-refractivity contribution is 5.43. The molecule has 1 aromatic rings. The Balaban J connectivity index is 2.52. The lowest BCUT2D eigenvalue weighted by Gasteiger charge is -2.12. The summed E-state index contributed by atoms with van der Waals surface area (Å²) in [7, 11) is 0. The second kappa shape index (κ2) is 2.95. The van der Waals surface area contributed by atoms with E-state index in [2.05, 4.69) is 0 Å². The maximum Gasteiger partial charge on any atom is 0.165 e. The van der Waals surface area contributed by atoms with Crippen molar-refractivity contribution in [1.29, 1.82) is 0 Å². The van der Waals surface area contributed by atoms with Crippen LogP contribution < -0.4 is 0 Å². The van der Waals surface area contributed by atoms with E-state index in [1.807, 2.05) is 6.92 Å². The molecule has 0 bridgehead atoms. The van der Waals surface area contributed by atoms with Gasteiger partial charge in [-0.2, -0.15) is 0 Å². The van der Waals surface area contributed by atoms with Gasteiger partial charge in [0.2, 0.25) is 0 Å². The molecule has 1 fully saturated rings. The Hall–Kier alpha value is -1.09. The van der Waals surface area contributed by atoms with E-state index in [1.165, 1.54) is 6.07 Å². The number of aliphatic hydroxyl groups is 1. The lowest BCUT2D eigenvalue weighted by atomic mass is 10.0. The van der Waals surface area contributed by atoms with Crippen molar-refractivity contribution in [3.8, 4) is 5.75 Å². The number of phenols is 1. The van der Waals surface area contributed by atoms with E-state index >= 15 is 0 Å². The molecule has 2 rings (SSSR count). The van der Waals surface area contributed by atoms with E-state index in [4.69, 9.17) is 0 Å². The van der Waals surface area contributed by atoms with Crippen molar-refractivity contribution in [2.75, 3.05) is 0 Å². The third kappa shape index (κ3) is 1.38. The lowest BCUT2D eigenvalue weighted by molar-refractivity contribution is 0.146. The number of halogens is 1. The number of hydrogen-bond donors (Lipinski definition) is 2. The maximum atomic E-state index is 13.2. The number of benzene rings is 1. The zero-order valence-electron chi connectivity index (χ0n) is 8.05. The molecule has 76 valence electrons. The first kappa shape index (κ1) is 9.46. The highest BCUT2D eigenvalue weighted by Crippen LogP contribution is 2.49. The molecule has 0 amide bonds. The van der Waals surface area contributed by atoms with Crippen LogP contribution in [0.25, 0.3) is 0 Å². The zero-order valence-corrected chi connectivity index (χ0v) is 8.05. The minimum absolute atomic E-state index is 0.342. The van der Waals surface area contributed by atoms with Gasteiger partial charge in [-0.1, -0.05) is 6.92 Å². The standard InChI is InChI=1S/C11H13FO2/c1-2-7-5-8(11(14)3-4-11)10(13)9(12)6-7/h5-6,13-14H,2-4H2,1H3. The monoisotopic (exact) mass is 196 g/mol. The summed E-state index contributed by atoms with van der Waals surface area (Å²) in [6.07, 6.45) is 1.90. The predicted octanol–water partition coefficient (Wildman–Crippen LogP) is 2.08. The van der Waals surface area contributed by atoms with Crippen molar-refractivity contribution in [2.24, 2.45) is 0 Å². The molecule has 0 heterocycles. The van der Waals surface area contributed by atoms with Gasteiger partial charge in [0.1, 0.15) is 0 Å². The average Bonchev–Trinajstić information content (AvgIpc) is 2.89. The summed E-state index contributed by atoms with van der Waals surface area (Å²) in [4.78, 5) is 0. The fourth-order valence-electron chi connectivity index (χ4n) is 1.60. The summed E-state index contributed by atoms with van der Waals surface area (Å²) in [5, 5.41) is 19.3. The molecule has 0 unspecified atom stereocenters. The van der Waals surface area contributed by atoms with Gasteiger partial charge in [0.25, 0.3) is 0 Å². The van der Waals surface area contributed by atoms with E-state index in [0.717, 1.165) is 5.56 Å². The molecule has 0 radical (unpaired) electrons. The smallest absolute Gasteiger partial charge is 0.165 e. The zero-order chi connectivity index (χ0) is 10.3. The van der Waals surface area contributed by atoms with Gasteiger partial charge in [-0.15, -0.1) is 0 Å². The summed E-state index contributed by atoms with van der Waals surface area (Å²) in [5.74, 6) is -1.04. The number of rotatable bonds is 2. The van der Waals surface area contributed by atoms with Gasteiger partial charge < -0.3 is 10.2 Å². The van der Waals surface area contributed by atoms with Crippen LogP contribution in [0.3, 0.4) is 0 Å². The van der Waals surface area contributed by atoms with Gasteiger partial charge in [-0.3, -0.25) is 0 Å². The highest BCUT2D eigenvalue weighted by atomic mass is 19.1. The van der Waals surface area contributed by atoms with Crippen LogP contribution >= 0.6 is 0 Å². The Morgan fingerprint density at radius 2 is 2.07 bits per heavy atom. The Labute approximate surface area is 82.0 Å². The third-order valence-electron chi connectivity index (χ3n) is 2.76. The minimum Gasteiger partial charge on any atom is -0.505 e. The molecule has 1 aliphatic carbocycles. The SMILES string of the molecule is CCc1cc(F)c(O)c(C2(O)CC2)c1. The van der Waals surface area contributed by atoms with Crippen LogP contribution in [0.1, 0.15) is 30.9 Å². The van der Waals surface area contributed by atoms with E-state index in [0.29, 0.717) is 24.8 Å². The van der Waals surface area contributed by atoms with Crippen LogP contribution in [0, 0.1) is 5.82 Å². The quantitative estimate of drug-likeness (QED) is 0.760. The van der Waals surface area contributed by atoms with Crippen LogP contribution in [0.5, 0.6) is 5.75 Å². The van der Waals surface area contributed by atoms with Crippen molar-refractivity contribution in [1.82, 2.24) is 0 Å². The second-order valence-electron chi connectivity index (χ2n) is 3.86. The molecule has 2 nitrogen and oxygen atoms in total. The Bertz CT molecular complexity index is 370. The summed E-state index contributed by atoms with van der Waals surface area (Å²) < 4.78 is 13.2. The molecule has 14 heavy (non-hydrogen) atoms. The van der Waals surface area contributed by atoms with Crippen molar-refractivity contribution < 1.29 is 14.6 Å². The topological polar surface area (TPSA) is 40.5 Å². The van der Waals surface area contributed by atoms with Gasteiger partial charge >= 0.3 is 0 Å². The van der Waals surface area contributed by atoms with Gasteiger partial charge in [-0.25, -0.2) is 4.39 Å². The summed E-state index contributed by atoms with van der Waals surface area (Å²) in [6.45, 7) is 1.91. The van der Waals surface area contributed by atoms with Crippen LogP contribution in [-0.2, 0) is 12.0 Å². The van der Waals surface area contributed by atoms with Gasteiger partial charge in [0.15, 0.2) is 11.6 Å². The fourth-order valence-corrected chi connectivity index (χ4v) is 1.60. The van der Waals surface area contributed by atoms with Crippen LogP contribution in [0.4, 0.5) is 4.39 Å². The summed E-state index contributed by atoms with van der Waals surface area (Å²) in [6, 6.07) is 3.00. The molecule has 0 aromatic heterocycles. The van der Waals surface area contributed by atoms with Crippen molar-refractivity contribution in [3.05, 3.63) is 29.1 Å². The van der Waals surface area contributed by atoms with Crippen molar-refractivity contribution >= 4 is 0 Å². The molecule has 0 spiro atoms. The normalized spacial score (nSPS) is 18.2. The minimum atomic E-state index is -0.976. The number of hydrogen-bond acceptors (Lipinski definition) is 2. The van der Waals surface area contributed by atoms with Gasteiger partial charge in [0.05, 0.1) is 5.60 Å². The Kier molecular flexibility index (Phi) is 2.00. The number of aryl methyl sites for hydroxylation is 1. The van der Waals surface area contributed by atoms with Gasteiger partial charge in [0, 0.05) is 5.56 Å². The molecule has 0 saturated heterocycles. The Morgan fingerprint density at radius 1 is 1.43 bits per heavy atom. The fraction of sp³-hybridized carbons (Fsp3) is 0.455. The largest absolute Gasteiger partial charge is 0.505 e. The molecule has 0 atom stereocenters. The first-order valence-corrected chi connectivity index (χ1v) is 4.81. The summed E-state index contributed by atoms with van der Waals surface area (Å²) in [5.41, 5.74) is 0.167. The molecule has 2 N–H and O–H groups in total. The molecule has 0 aliphatic heterocycles. The van der Waals surface area contributed by atoms with Crippen molar-refractivity contribution in [2.45, 2.75) is 31.8 Å². The third-order valence-corrected chi connectivity index (χ3v) is 2.76. The molecule has 1 saturated carbocycles. The maximum absolute atomic E-state index is 13.2. The first-order valence-electron chi connectivity index (χ1n) is 4.81. The molecular formula is C11H13FO2. The van der Waals surface area contributed by atoms with Gasteiger partial charge in [-0.05, 0) is 37.0 Å². The number of phenolic OH excluding ortho intramolecular Hbond substituents is 1. The predicted molar refractivity (Wildman–Crippen MR) is 50.6 cm³/mol. The lowest BCUT2D eigenvalue weighted by Crippen LogP contribution is -2.06. The molecule has 3 heteroatoms. The van der Waals surface area contributed by atoms with Crippen molar-refractivity contribution in [3.63, 3.8) is 0 Å². The van der Waals surface area contributed by atoms with Crippen LogP contribution in [-0.4, -0.2) is 10.2 Å². The van der Waals surface area contributed by atoms with E-state index in [-0.39, 0.29) is 0 Å². The number of aromatic hydroxyl groups is 1. The van der Waals surface area contributed by atoms with Crippen LogP contribution in [0.15, 0.2) is 12.1 Å². The van der Waals surface area contributed by atoms with E-state index in [9.17, 15) is 14.6 Å². The van der Waals surface area contributed by atoms with E-state index < -0.39 is 17.2 Å². The highest BCUT2D eigenvalue weighted by Gasteiger charge is 2.44. The molecule has 1 aromatic carbocycles. The van der Waals surface area contributed by atoms with Crippen LogP contribution in [0.2, 0.25) is 0 Å². The first-order chi connectivity index (χ1) is 6.57. The molecular weight excluding hydrogens is 183 g/mol. The van der Waals surface area contributed by atoms with E-state index in [1.54, 1.807) is 6.07 Å². The second-order valence-corrected chi connectivity index (χ2v) is 3.86. The Morgan fingerprint density at radius 3 is 2.57 bits per heavy atom.